The Balaban J connectivity index is 2.29. The molecule has 0 radical (unpaired) electrons. The molecule has 2 aromatic heterocycles. The van der Waals surface area contributed by atoms with Gasteiger partial charge in [0.2, 0.25) is 5.76 Å². The fourth-order valence-electron chi connectivity index (χ4n) is 2.17. The predicted molar refractivity (Wildman–Crippen MR) is 67.2 cm³/mol. The first-order valence-corrected chi connectivity index (χ1v) is 5.58. The molecule has 2 heterocycles. The molecule has 0 saturated heterocycles. The predicted octanol–water partition coefficient (Wildman–Crippen LogP) is 2.54. The highest BCUT2D eigenvalue weighted by atomic mass is 16.5. The summed E-state index contributed by atoms with van der Waals surface area (Å²) in [6, 6.07) is 6.45. The Bertz CT molecular complexity index is 785. The van der Waals surface area contributed by atoms with E-state index in [0.717, 1.165) is 11.2 Å². The van der Waals surface area contributed by atoms with E-state index in [4.69, 9.17) is 9.63 Å². The minimum absolute atomic E-state index is 0.108. The van der Waals surface area contributed by atoms with Gasteiger partial charge in [-0.05, 0) is 19.1 Å². The molecular formula is C13H10N2O4. The van der Waals surface area contributed by atoms with Crippen molar-refractivity contribution in [3.63, 3.8) is 0 Å². The Kier molecular flexibility index (Phi) is 2.31. The first kappa shape index (κ1) is 11.3. The zero-order chi connectivity index (χ0) is 13.6. The Morgan fingerprint density at radius 2 is 2.21 bits per heavy atom. The van der Waals surface area contributed by atoms with Gasteiger partial charge in [-0.15, -0.1) is 0 Å². The Morgan fingerprint density at radius 3 is 2.89 bits per heavy atom. The number of carboxylic acid groups (broad SMARTS) is 1. The van der Waals surface area contributed by atoms with Gasteiger partial charge in [-0.25, -0.2) is 4.79 Å². The van der Waals surface area contributed by atoms with E-state index in [2.05, 4.69) is 10.1 Å². The average molecular weight is 258 g/mol. The second-order valence-electron chi connectivity index (χ2n) is 4.21. The minimum Gasteiger partial charge on any atom is -0.507 e. The molecule has 96 valence electrons. The molecule has 0 atom stereocenters. The maximum Gasteiger partial charge on any atom is 0.374 e. The highest BCUT2D eigenvalue weighted by Crippen LogP contribution is 2.36. The number of carbonyl (C=O) groups is 1. The third-order valence-corrected chi connectivity index (χ3v) is 2.97. The van der Waals surface area contributed by atoms with Gasteiger partial charge in [-0.1, -0.05) is 11.2 Å². The number of H-pyrrole nitrogens is 1. The van der Waals surface area contributed by atoms with Crippen molar-refractivity contribution in [2.24, 2.45) is 0 Å². The molecule has 0 aliphatic heterocycles. The summed E-state index contributed by atoms with van der Waals surface area (Å²) >= 11 is 0. The van der Waals surface area contributed by atoms with Crippen molar-refractivity contribution in [2.45, 2.75) is 6.92 Å². The number of aromatic hydroxyl groups is 1. The molecule has 0 bridgehead atoms. The summed E-state index contributed by atoms with van der Waals surface area (Å²) in [5.74, 6) is -1.31. The third kappa shape index (κ3) is 1.65. The average Bonchev–Trinajstić information content (AvgIpc) is 2.93. The Morgan fingerprint density at radius 1 is 1.42 bits per heavy atom. The molecule has 0 spiro atoms. The normalized spacial score (nSPS) is 11.0. The molecule has 1 aromatic carbocycles. The van der Waals surface area contributed by atoms with E-state index in [1.165, 1.54) is 6.07 Å². The lowest BCUT2D eigenvalue weighted by Crippen LogP contribution is -1.91. The van der Waals surface area contributed by atoms with Crippen LogP contribution in [0.2, 0.25) is 0 Å². The number of aromatic carboxylic acids is 1. The molecule has 3 aromatic rings. The standard InChI is InChI=1S/C13H10N2O4/c1-6-11(8-5-10(13(17)18)19-15-8)12-7(14-6)3-2-4-9(12)16/h2-5,14,16H,1H3,(H,17,18). The number of aromatic amines is 1. The molecule has 0 amide bonds. The van der Waals surface area contributed by atoms with E-state index in [-0.39, 0.29) is 11.5 Å². The zero-order valence-electron chi connectivity index (χ0n) is 9.97. The van der Waals surface area contributed by atoms with Crippen molar-refractivity contribution >= 4 is 16.9 Å². The summed E-state index contributed by atoms with van der Waals surface area (Å²) in [6.45, 7) is 1.82. The van der Waals surface area contributed by atoms with Crippen molar-refractivity contribution in [1.29, 1.82) is 0 Å². The van der Waals surface area contributed by atoms with Crippen LogP contribution in [0.1, 0.15) is 16.2 Å². The topological polar surface area (TPSA) is 99.3 Å². The molecule has 0 aliphatic rings. The van der Waals surface area contributed by atoms with Gasteiger partial charge in [0.05, 0.1) is 10.9 Å². The van der Waals surface area contributed by atoms with Crippen molar-refractivity contribution in [3.8, 4) is 17.0 Å². The third-order valence-electron chi connectivity index (χ3n) is 2.97. The van der Waals surface area contributed by atoms with E-state index in [1.807, 2.05) is 13.0 Å². The molecule has 19 heavy (non-hydrogen) atoms. The summed E-state index contributed by atoms with van der Waals surface area (Å²) in [5.41, 5.74) is 2.56. The number of phenols is 1. The number of hydrogen-bond donors (Lipinski definition) is 3. The number of hydrogen-bond acceptors (Lipinski definition) is 4. The summed E-state index contributed by atoms with van der Waals surface area (Å²) in [6.07, 6.45) is 0. The van der Waals surface area contributed by atoms with E-state index in [9.17, 15) is 9.90 Å². The smallest absolute Gasteiger partial charge is 0.374 e. The molecule has 0 aliphatic carbocycles. The molecule has 3 N–H and O–H groups in total. The van der Waals surface area contributed by atoms with Crippen molar-refractivity contribution < 1.29 is 19.5 Å². The van der Waals surface area contributed by atoms with Crippen LogP contribution in [0.15, 0.2) is 28.8 Å². The molecular weight excluding hydrogens is 248 g/mol. The SMILES string of the molecule is Cc1[nH]c2cccc(O)c2c1-c1cc(C(=O)O)on1. The van der Waals surface area contributed by atoms with E-state index < -0.39 is 5.97 Å². The second kappa shape index (κ2) is 3.88. The van der Waals surface area contributed by atoms with Crippen LogP contribution in [0.5, 0.6) is 5.75 Å². The second-order valence-corrected chi connectivity index (χ2v) is 4.21. The highest BCUT2D eigenvalue weighted by Gasteiger charge is 2.19. The monoisotopic (exact) mass is 258 g/mol. The van der Waals surface area contributed by atoms with Crippen LogP contribution >= 0.6 is 0 Å². The zero-order valence-corrected chi connectivity index (χ0v) is 9.97. The molecule has 0 unspecified atom stereocenters. The number of fused-ring (bicyclic) bond motifs is 1. The summed E-state index contributed by atoms with van der Waals surface area (Å²) in [5, 5.41) is 23.1. The number of aryl methyl sites for hydroxylation is 1. The van der Waals surface area contributed by atoms with Crippen LogP contribution in [0.4, 0.5) is 0 Å². The molecule has 0 saturated carbocycles. The van der Waals surface area contributed by atoms with Gasteiger partial charge in [-0.3, -0.25) is 0 Å². The summed E-state index contributed by atoms with van der Waals surface area (Å²) in [4.78, 5) is 13.9. The van der Waals surface area contributed by atoms with Gasteiger partial charge in [0, 0.05) is 17.3 Å². The maximum absolute atomic E-state index is 10.8. The number of nitrogens with one attached hydrogen (secondary N) is 1. The van der Waals surface area contributed by atoms with Crippen molar-refractivity contribution in [2.75, 3.05) is 0 Å². The van der Waals surface area contributed by atoms with Gasteiger partial charge in [0.25, 0.3) is 0 Å². The van der Waals surface area contributed by atoms with Gasteiger partial charge in [0.15, 0.2) is 0 Å². The summed E-state index contributed by atoms with van der Waals surface area (Å²) < 4.78 is 4.75. The molecule has 6 nitrogen and oxygen atoms in total. The maximum atomic E-state index is 10.8. The van der Waals surface area contributed by atoms with Gasteiger partial charge in [0.1, 0.15) is 11.4 Å². The first-order valence-electron chi connectivity index (χ1n) is 5.58. The van der Waals surface area contributed by atoms with Crippen LogP contribution in [0.25, 0.3) is 22.2 Å². The Hall–Kier alpha value is -2.76. The number of benzene rings is 1. The lowest BCUT2D eigenvalue weighted by molar-refractivity contribution is 0.0652. The van der Waals surface area contributed by atoms with Crippen LogP contribution < -0.4 is 0 Å². The van der Waals surface area contributed by atoms with Crippen LogP contribution in [0, 0.1) is 6.92 Å². The molecule has 6 heteroatoms. The number of phenolic OH excluding ortho intramolecular Hbond substituents is 1. The van der Waals surface area contributed by atoms with Crippen LogP contribution in [-0.2, 0) is 0 Å². The van der Waals surface area contributed by atoms with E-state index in [1.54, 1.807) is 12.1 Å². The molecule has 0 fully saturated rings. The lowest BCUT2D eigenvalue weighted by atomic mass is 10.1. The van der Waals surface area contributed by atoms with Crippen molar-refractivity contribution in [1.82, 2.24) is 10.1 Å². The first-order chi connectivity index (χ1) is 9.08. The summed E-state index contributed by atoms with van der Waals surface area (Å²) in [7, 11) is 0. The number of aromatic nitrogens is 2. The quantitative estimate of drug-likeness (QED) is 0.656. The lowest BCUT2D eigenvalue weighted by Gasteiger charge is -1.98. The number of rotatable bonds is 2. The van der Waals surface area contributed by atoms with Gasteiger partial charge < -0.3 is 19.7 Å². The largest absolute Gasteiger partial charge is 0.507 e. The fraction of sp³-hybridized carbons (Fsp3) is 0.0769. The van der Waals surface area contributed by atoms with Crippen LogP contribution in [0.3, 0.4) is 0 Å². The van der Waals surface area contributed by atoms with Gasteiger partial charge in [-0.2, -0.15) is 0 Å². The number of nitrogens with zero attached hydrogens (tertiary/aromatic N) is 1. The van der Waals surface area contributed by atoms with E-state index >= 15 is 0 Å². The Labute approximate surface area is 107 Å². The van der Waals surface area contributed by atoms with Gasteiger partial charge >= 0.3 is 5.97 Å². The molecule has 3 rings (SSSR count). The van der Waals surface area contributed by atoms with Crippen molar-refractivity contribution in [3.05, 3.63) is 35.7 Å². The highest BCUT2D eigenvalue weighted by molar-refractivity contribution is 6.01. The van der Waals surface area contributed by atoms with E-state index in [0.29, 0.717) is 16.6 Å². The van der Waals surface area contributed by atoms with Crippen LogP contribution in [-0.4, -0.2) is 26.3 Å². The minimum atomic E-state index is -1.18. The fourth-order valence-corrected chi connectivity index (χ4v) is 2.17. The number of carboxylic acids is 1.